The van der Waals surface area contributed by atoms with E-state index in [0.717, 1.165) is 12.3 Å². The molecule has 0 spiro atoms. The second kappa shape index (κ2) is 4.97. The molecule has 1 aliphatic rings. The lowest BCUT2D eigenvalue weighted by atomic mass is 9.77. The summed E-state index contributed by atoms with van der Waals surface area (Å²) in [5.74, 6) is 1.27. The van der Waals surface area contributed by atoms with E-state index in [4.69, 9.17) is 7.85 Å². The Labute approximate surface area is 91.4 Å². The first kappa shape index (κ1) is 10.2. The van der Waals surface area contributed by atoms with Crippen molar-refractivity contribution in [1.29, 1.82) is 0 Å². The molecule has 0 bridgehead atoms. The minimum absolute atomic E-state index is 0.478. The highest BCUT2D eigenvalue weighted by Gasteiger charge is 2.21. The Kier molecular flexibility index (Phi) is 3.63. The average Bonchev–Trinajstić information content (AvgIpc) is 2.78. The molecule has 1 heterocycles. The van der Waals surface area contributed by atoms with Gasteiger partial charge in [0.05, 0.1) is 12.9 Å². The lowest BCUT2D eigenvalue weighted by Crippen LogP contribution is -2.02. The monoisotopic (exact) mass is 205 g/mol. The number of nitrogens with zero attached hydrogens (tertiary/aromatic N) is 1. The molecule has 1 fully saturated rings. The molecular weight excluding hydrogens is 189 g/mol. The lowest BCUT2D eigenvalue weighted by Gasteiger charge is -2.14. The molecule has 0 amide bonds. The van der Waals surface area contributed by atoms with Crippen LogP contribution in [0.15, 0.2) is 11.6 Å². The molecule has 0 saturated heterocycles. The molecule has 2 rings (SSSR count). The van der Waals surface area contributed by atoms with Crippen molar-refractivity contribution < 1.29 is 0 Å². The van der Waals surface area contributed by atoms with Gasteiger partial charge in [-0.05, 0) is 18.8 Å². The van der Waals surface area contributed by atoms with Crippen LogP contribution in [0.1, 0.15) is 37.1 Å². The summed E-state index contributed by atoms with van der Waals surface area (Å²) < 4.78 is 0. The Bertz CT molecular complexity index is 260. The molecular formula is C11H16BNS. The van der Waals surface area contributed by atoms with Crippen LogP contribution in [0.2, 0.25) is 5.82 Å². The smallest absolute Gasteiger partial charge is 0.0924 e. The third-order valence-electron chi connectivity index (χ3n) is 3.17. The number of aromatic nitrogens is 1. The fraction of sp³-hybridized carbons (Fsp3) is 0.727. The topological polar surface area (TPSA) is 12.9 Å². The normalized spacial score (nSPS) is 26.9. The zero-order valence-electron chi connectivity index (χ0n) is 8.48. The standard InChI is InChI=1S/C11H16BNS/c12-10-5-1-3-9(10)4-2-6-11-13-7-8-14-11/h7-10H,1-6H2. The first-order valence-electron chi connectivity index (χ1n) is 5.50. The van der Waals surface area contributed by atoms with Crippen LogP contribution in [0.5, 0.6) is 0 Å². The van der Waals surface area contributed by atoms with Gasteiger partial charge in [-0.2, -0.15) is 0 Å². The summed E-state index contributed by atoms with van der Waals surface area (Å²) in [5, 5.41) is 3.33. The number of aryl methyl sites for hydroxylation is 1. The number of hydrogen-bond acceptors (Lipinski definition) is 2. The minimum atomic E-state index is 0.478. The van der Waals surface area contributed by atoms with E-state index in [0.29, 0.717) is 5.82 Å². The molecule has 14 heavy (non-hydrogen) atoms. The van der Waals surface area contributed by atoms with Gasteiger partial charge in [0.25, 0.3) is 0 Å². The Morgan fingerprint density at radius 2 is 2.43 bits per heavy atom. The summed E-state index contributed by atoms with van der Waals surface area (Å²) in [4.78, 5) is 4.29. The lowest BCUT2D eigenvalue weighted by molar-refractivity contribution is 0.484. The summed E-state index contributed by atoms with van der Waals surface area (Å²) >= 11 is 1.76. The number of hydrogen-bond donors (Lipinski definition) is 0. The van der Waals surface area contributed by atoms with Gasteiger partial charge in [0, 0.05) is 11.6 Å². The van der Waals surface area contributed by atoms with Crippen LogP contribution in [0.25, 0.3) is 0 Å². The Morgan fingerprint density at radius 1 is 1.50 bits per heavy atom. The maximum atomic E-state index is 6.03. The van der Waals surface area contributed by atoms with Gasteiger partial charge >= 0.3 is 0 Å². The van der Waals surface area contributed by atoms with E-state index in [1.165, 1.54) is 37.1 Å². The largest absolute Gasteiger partial charge is 0.250 e. The van der Waals surface area contributed by atoms with Crippen LogP contribution >= 0.6 is 11.3 Å². The van der Waals surface area contributed by atoms with Crippen molar-refractivity contribution in [3.63, 3.8) is 0 Å². The highest BCUT2D eigenvalue weighted by atomic mass is 32.1. The Balaban J connectivity index is 1.68. The molecule has 0 aromatic carbocycles. The maximum Gasteiger partial charge on any atom is 0.0924 e. The molecule has 1 aliphatic carbocycles. The third kappa shape index (κ3) is 2.60. The Morgan fingerprint density at radius 3 is 3.07 bits per heavy atom. The SMILES string of the molecule is [B]C1CCCC1CCCc1nccs1. The fourth-order valence-electron chi connectivity index (χ4n) is 2.32. The maximum absolute atomic E-state index is 6.03. The van der Waals surface area contributed by atoms with Crippen LogP contribution < -0.4 is 0 Å². The molecule has 0 aliphatic heterocycles. The Hall–Kier alpha value is -0.305. The van der Waals surface area contributed by atoms with Crippen LogP contribution in [-0.2, 0) is 6.42 Å². The first-order valence-corrected chi connectivity index (χ1v) is 6.38. The quantitative estimate of drug-likeness (QED) is 0.687. The zero-order valence-corrected chi connectivity index (χ0v) is 9.30. The van der Waals surface area contributed by atoms with Gasteiger partial charge in [-0.25, -0.2) is 4.98 Å². The minimum Gasteiger partial charge on any atom is -0.250 e. The summed E-state index contributed by atoms with van der Waals surface area (Å²) in [6, 6.07) is 0. The van der Waals surface area contributed by atoms with Crippen molar-refractivity contribution in [2.24, 2.45) is 5.92 Å². The van der Waals surface area contributed by atoms with Crippen molar-refractivity contribution in [3.8, 4) is 0 Å². The van der Waals surface area contributed by atoms with Crippen molar-refractivity contribution in [2.45, 2.75) is 44.3 Å². The molecule has 2 radical (unpaired) electrons. The van der Waals surface area contributed by atoms with Crippen molar-refractivity contribution in [1.82, 2.24) is 4.98 Å². The second-order valence-corrected chi connectivity index (χ2v) is 5.15. The molecule has 1 saturated carbocycles. The predicted octanol–water partition coefficient (Wildman–Crippen LogP) is 3.22. The highest BCUT2D eigenvalue weighted by molar-refractivity contribution is 7.09. The summed E-state index contributed by atoms with van der Waals surface area (Å²) in [6.07, 6.45) is 9.50. The van der Waals surface area contributed by atoms with Crippen LogP contribution in [0, 0.1) is 5.92 Å². The van der Waals surface area contributed by atoms with Gasteiger partial charge in [-0.15, -0.1) is 11.3 Å². The van der Waals surface area contributed by atoms with Gasteiger partial charge in [0.1, 0.15) is 0 Å². The molecule has 0 N–H and O–H groups in total. The van der Waals surface area contributed by atoms with Gasteiger partial charge in [-0.3, -0.25) is 0 Å². The summed E-state index contributed by atoms with van der Waals surface area (Å²) in [7, 11) is 6.03. The number of rotatable bonds is 4. The van der Waals surface area contributed by atoms with E-state index in [2.05, 4.69) is 10.4 Å². The highest BCUT2D eigenvalue weighted by Crippen LogP contribution is 2.37. The first-order chi connectivity index (χ1) is 6.86. The molecule has 3 heteroatoms. The van der Waals surface area contributed by atoms with E-state index in [1.807, 2.05) is 6.20 Å². The van der Waals surface area contributed by atoms with Crippen molar-refractivity contribution >= 4 is 19.2 Å². The van der Waals surface area contributed by atoms with Gasteiger partial charge in [0.15, 0.2) is 0 Å². The third-order valence-corrected chi connectivity index (χ3v) is 4.01. The summed E-state index contributed by atoms with van der Waals surface area (Å²) in [6.45, 7) is 0. The zero-order chi connectivity index (χ0) is 9.80. The second-order valence-electron chi connectivity index (χ2n) is 4.17. The van der Waals surface area contributed by atoms with Crippen LogP contribution in [-0.4, -0.2) is 12.8 Å². The van der Waals surface area contributed by atoms with E-state index in [9.17, 15) is 0 Å². The van der Waals surface area contributed by atoms with Gasteiger partial charge in [0.2, 0.25) is 0 Å². The number of thiazole rings is 1. The van der Waals surface area contributed by atoms with Crippen LogP contribution in [0.4, 0.5) is 0 Å². The molecule has 74 valence electrons. The van der Waals surface area contributed by atoms with E-state index < -0.39 is 0 Å². The van der Waals surface area contributed by atoms with Crippen molar-refractivity contribution in [3.05, 3.63) is 16.6 Å². The van der Waals surface area contributed by atoms with E-state index >= 15 is 0 Å². The molecule has 1 nitrogen and oxygen atoms in total. The van der Waals surface area contributed by atoms with E-state index in [1.54, 1.807) is 11.3 Å². The van der Waals surface area contributed by atoms with Crippen molar-refractivity contribution in [2.75, 3.05) is 0 Å². The summed E-state index contributed by atoms with van der Waals surface area (Å²) in [5.41, 5.74) is 0. The average molecular weight is 205 g/mol. The van der Waals surface area contributed by atoms with Crippen LogP contribution in [0.3, 0.4) is 0 Å². The molecule has 1 aromatic rings. The predicted molar refractivity (Wildman–Crippen MR) is 61.9 cm³/mol. The molecule has 2 atom stereocenters. The van der Waals surface area contributed by atoms with E-state index in [-0.39, 0.29) is 0 Å². The molecule has 1 aromatic heterocycles. The molecule has 2 unspecified atom stereocenters. The van der Waals surface area contributed by atoms with Gasteiger partial charge in [-0.1, -0.05) is 31.5 Å². The van der Waals surface area contributed by atoms with Gasteiger partial charge < -0.3 is 0 Å². The fourth-order valence-corrected chi connectivity index (χ4v) is 2.98.